The summed E-state index contributed by atoms with van der Waals surface area (Å²) in [6.45, 7) is 3.19. The second kappa shape index (κ2) is 8.23. The number of phenols is 1. The number of nitrogens with zero attached hydrogens (tertiary/aromatic N) is 1. The number of aliphatic hydroxyl groups is 1. The molecule has 31 heavy (non-hydrogen) atoms. The fraction of sp³-hybridized carbons (Fsp3) is 0.261. The number of phenolic OH excluding ortho intramolecular Hbond substituents is 1. The van der Waals surface area contributed by atoms with E-state index in [2.05, 4.69) is 10.6 Å². The Bertz CT molecular complexity index is 1170. The van der Waals surface area contributed by atoms with Gasteiger partial charge in [0, 0.05) is 14.1 Å². The smallest absolute Gasteiger partial charge is 0.257 e. The topological polar surface area (TPSA) is 119 Å². The van der Waals surface area contributed by atoms with Gasteiger partial charge < -0.3 is 25.7 Å². The number of hydrogen-bond acceptors (Lipinski definition) is 7. The van der Waals surface area contributed by atoms with Crippen LogP contribution in [0, 0.1) is 0 Å². The third kappa shape index (κ3) is 4.29. The van der Waals surface area contributed by atoms with Crippen molar-refractivity contribution in [1.82, 2.24) is 4.90 Å². The number of nitrogens with one attached hydrogen (secondary N) is 2. The van der Waals surface area contributed by atoms with Gasteiger partial charge in [-0.15, -0.1) is 0 Å². The summed E-state index contributed by atoms with van der Waals surface area (Å²) in [5.41, 5.74) is -1.87. The van der Waals surface area contributed by atoms with Crippen molar-refractivity contribution in [3.05, 3.63) is 80.1 Å². The highest BCUT2D eigenvalue weighted by Gasteiger charge is 2.32. The monoisotopic (exact) mass is 423 g/mol. The SMILES string of the molecule is CN(C)C(=O)c1cccc(Nc2c(N[C@@H](c3ccccc3)C(C)(C)O)c(=O)c2=O)c1O. The minimum atomic E-state index is -1.25. The summed E-state index contributed by atoms with van der Waals surface area (Å²) >= 11 is 0. The molecule has 3 aromatic rings. The van der Waals surface area contributed by atoms with E-state index in [1.54, 1.807) is 46.1 Å². The van der Waals surface area contributed by atoms with Gasteiger partial charge in [-0.2, -0.15) is 0 Å². The zero-order chi connectivity index (χ0) is 22.9. The van der Waals surface area contributed by atoms with E-state index >= 15 is 0 Å². The molecule has 0 saturated carbocycles. The first-order valence-corrected chi connectivity index (χ1v) is 9.70. The number of amides is 1. The summed E-state index contributed by atoms with van der Waals surface area (Å²) in [5, 5.41) is 26.9. The van der Waals surface area contributed by atoms with Crippen LogP contribution >= 0.6 is 0 Å². The Morgan fingerprint density at radius 3 is 2.16 bits per heavy atom. The molecule has 1 atom stereocenters. The van der Waals surface area contributed by atoms with E-state index < -0.39 is 28.4 Å². The summed E-state index contributed by atoms with van der Waals surface area (Å²) in [4.78, 5) is 38.1. The molecule has 0 aromatic heterocycles. The van der Waals surface area contributed by atoms with Crippen LogP contribution in [0.1, 0.15) is 35.8 Å². The highest BCUT2D eigenvalue weighted by Crippen LogP contribution is 2.35. The third-order valence-corrected chi connectivity index (χ3v) is 4.97. The molecule has 1 amide bonds. The van der Waals surface area contributed by atoms with Crippen LogP contribution in [-0.2, 0) is 0 Å². The van der Waals surface area contributed by atoms with Gasteiger partial charge in [-0.25, -0.2) is 0 Å². The lowest BCUT2D eigenvalue weighted by atomic mass is 9.91. The summed E-state index contributed by atoms with van der Waals surface area (Å²) in [6.07, 6.45) is 0. The predicted molar refractivity (Wildman–Crippen MR) is 120 cm³/mol. The second-order valence-corrected chi connectivity index (χ2v) is 8.08. The van der Waals surface area contributed by atoms with Crippen molar-refractivity contribution < 1.29 is 15.0 Å². The summed E-state index contributed by atoms with van der Waals surface area (Å²) in [6, 6.07) is 12.9. The lowest BCUT2D eigenvalue weighted by molar-refractivity contribution is 0.0588. The number of carbonyl (C=O) groups excluding carboxylic acids is 1. The van der Waals surface area contributed by atoms with Crippen LogP contribution in [0.15, 0.2) is 58.1 Å². The lowest BCUT2D eigenvalue weighted by Crippen LogP contribution is -2.42. The fourth-order valence-corrected chi connectivity index (χ4v) is 3.30. The van der Waals surface area contributed by atoms with Crippen molar-refractivity contribution >= 4 is 23.0 Å². The average molecular weight is 423 g/mol. The molecule has 0 aliphatic carbocycles. The van der Waals surface area contributed by atoms with Crippen LogP contribution in [-0.4, -0.2) is 40.7 Å². The normalized spacial score (nSPS) is 12.4. The van der Waals surface area contributed by atoms with Crippen molar-refractivity contribution in [3.8, 4) is 5.75 Å². The summed E-state index contributed by atoms with van der Waals surface area (Å²) < 4.78 is 0. The molecule has 8 nitrogen and oxygen atoms in total. The molecule has 0 radical (unpaired) electrons. The van der Waals surface area contributed by atoms with Crippen LogP contribution < -0.4 is 21.5 Å². The van der Waals surface area contributed by atoms with Crippen LogP contribution in [0.2, 0.25) is 0 Å². The van der Waals surface area contributed by atoms with Gasteiger partial charge in [0.1, 0.15) is 11.4 Å². The van der Waals surface area contributed by atoms with E-state index in [9.17, 15) is 24.6 Å². The second-order valence-electron chi connectivity index (χ2n) is 8.08. The number of rotatable bonds is 7. The highest BCUT2D eigenvalue weighted by molar-refractivity contribution is 5.99. The Hall–Kier alpha value is -3.65. The van der Waals surface area contributed by atoms with Gasteiger partial charge in [-0.05, 0) is 31.5 Å². The molecule has 0 bridgehead atoms. The molecule has 0 unspecified atom stereocenters. The Morgan fingerprint density at radius 2 is 1.58 bits per heavy atom. The third-order valence-electron chi connectivity index (χ3n) is 4.97. The van der Waals surface area contributed by atoms with Crippen molar-refractivity contribution in [2.24, 2.45) is 0 Å². The number of anilines is 3. The fourth-order valence-electron chi connectivity index (χ4n) is 3.30. The molecule has 8 heteroatoms. The van der Waals surface area contributed by atoms with Crippen LogP contribution in [0.25, 0.3) is 0 Å². The van der Waals surface area contributed by atoms with Gasteiger partial charge >= 0.3 is 0 Å². The number of benzene rings is 2. The number of para-hydroxylation sites is 1. The molecule has 0 fully saturated rings. The number of carbonyl (C=O) groups is 1. The minimum absolute atomic E-state index is 0.00437. The molecule has 0 heterocycles. The quantitative estimate of drug-likeness (QED) is 0.340. The first-order chi connectivity index (χ1) is 14.5. The van der Waals surface area contributed by atoms with Crippen LogP contribution in [0.5, 0.6) is 5.75 Å². The Morgan fingerprint density at radius 1 is 0.968 bits per heavy atom. The van der Waals surface area contributed by atoms with E-state index in [4.69, 9.17) is 0 Å². The number of aromatic hydroxyl groups is 1. The van der Waals surface area contributed by atoms with Crippen LogP contribution in [0.3, 0.4) is 0 Å². The van der Waals surface area contributed by atoms with Crippen molar-refractivity contribution in [3.63, 3.8) is 0 Å². The summed E-state index contributed by atoms with van der Waals surface area (Å²) in [5.74, 6) is -0.738. The first kappa shape index (κ1) is 22.0. The molecule has 3 aromatic carbocycles. The summed E-state index contributed by atoms with van der Waals surface area (Å²) in [7, 11) is 3.11. The largest absolute Gasteiger partial charge is 0.505 e. The zero-order valence-electron chi connectivity index (χ0n) is 17.8. The molecule has 0 spiro atoms. The van der Waals surface area contributed by atoms with Gasteiger partial charge in [-0.3, -0.25) is 14.4 Å². The van der Waals surface area contributed by atoms with E-state index in [1.165, 1.54) is 17.0 Å². The molecule has 3 rings (SSSR count). The molecule has 0 aliphatic rings. The molecule has 0 aliphatic heterocycles. The Kier molecular flexibility index (Phi) is 5.85. The van der Waals surface area contributed by atoms with Crippen molar-refractivity contribution in [1.29, 1.82) is 0 Å². The maximum Gasteiger partial charge on any atom is 0.257 e. The number of hydrogen-bond donors (Lipinski definition) is 4. The van der Waals surface area contributed by atoms with Crippen LogP contribution in [0.4, 0.5) is 17.1 Å². The highest BCUT2D eigenvalue weighted by atomic mass is 16.3. The maximum atomic E-state index is 12.3. The van der Waals surface area contributed by atoms with Gasteiger partial charge in [0.05, 0.1) is 22.9 Å². The zero-order valence-corrected chi connectivity index (χ0v) is 17.8. The van der Waals surface area contributed by atoms with Gasteiger partial charge in [0.2, 0.25) is 0 Å². The van der Waals surface area contributed by atoms with E-state index in [-0.39, 0.29) is 28.4 Å². The average Bonchev–Trinajstić information content (AvgIpc) is 2.73. The minimum Gasteiger partial charge on any atom is -0.505 e. The first-order valence-electron chi connectivity index (χ1n) is 9.70. The Labute approximate surface area is 179 Å². The van der Waals surface area contributed by atoms with Gasteiger partial charge in [-0.1, -0.05) is 36.4 Å². The van der Waals surface area contributed by atoms with Gasteiger partial charge in [0.15, 0.2) is 5.75 Å². The van der Waals surface area contributed by atoms with Crippen molar-refractivity contribution in [2.45, 2.75) is 25.5 Å². The molecular weight excluding hydrogens is 398 g/mol. The lowest BCUT2D eigenvalue weighted by Gasteiger charge is -2.32. The van der Waals surface area contributed by atoms with Crippen molar-refractivity contribution in [2.75, 3.05) is 24.7 Å². The van der Waals surface area contributed by atoms with E-state index in [0.717, 1.165) is 5.56 Å². The molecule has 162 valence electrons. The Balaban J connectivity index is 1.96. The molecule has 0 saturated heterocycles. The van der Waals surface area contributed by atoms with E-state index in [1.807, 2.05) is 18.2 Å². The molecule has 4 N–H and O–H groups in total. The predicted octanol–water partition coefficient (Wildman–Crippen LogP) is 2.36. The van der Waals surface area contributed by atoms with E-state index in [0.29, 0.717) is 0 Å². The van der Waals surface area contributed by atoms with Gasteiger partial charge in [0.25, 0.3) is 16.8 Å². The maximum absolute atomic E-state index is 12.3. The molecular formula is C23H25N3O5. The standard InChI is InChI=1S/C23H25N3O5/c1-23(2,31)21(13-9-6-5-7-10-13)25-17-16(19(28)20(17)29)24-15-12-8-11-14(18(15)27)22(30)26(3)4/h5-12,21,24-25,27,31H,1-4H3/t21-/m0/s1.